The van der Waals surface area contributed by atoms with Crippen LogP contribution >= 0.6 is 0 Å². The number of anilines is 4. The molecule has 1 fully saturated rings. The molecule has 0 bridgehead atoms. The number of para-hydroxylation sites is 1. The van der Waals surface area contributed by atoms with Crippen LogP contribution in [0.5, 0.6) is 5.75 Å². The lowest BCUT2D eigenvalue weighted by molar-refractivity contribution is 0.122. The highest BCUT2D eigenvalue weighted by atomic mass is 19.3. The van der Waals surface area contributed by atoms with E-state index in [9.17, 15) is 8.78 Å². The molecule has 0 radical (unpaired) electrons. The second-order valence-electron chi connectivity index (χ2n) is 8.22. The van der Waals surface area contributed by atoms with Gasteiger partial charge in [-0.05, 0) is 24.3 Å². The Hall–Kier alpha value is -4.13. The second kappa shape index (κ2) is 9.85. The third-order valence-corrected chi connectivity index (χ3v) is 5.66. The maximum atomic E-state index is 14.1. The van der Waals surface area contributed by atoms with Gasteiger partial charge in [-0.3, -0.25) is 4.57 Å². The molecule has 0 atom stereocenters. The smallest absolute Gasteiger partial charge is 0.296 e. The standard InChI is InChI=1S/C23H25F2N9O2/c1-32(2)17-8-7-14(13-26-17)27-21-29-22(33-9-11-36-12-10-33)31-23(30-21)34-15-5-4-6-16(35-3)18(15)28-20(34)19(24)25/h4-8,13,19H,9-12H2,1-3H3,(H,27,29,30,31). The number of ether oxygens (including phenoxy) is 2. The van der Waals surface area contributed by atoms with Crippen molar-refractivity contribution < 1.29 is 18.3 Å². The topological polar surface area (TPSA) is 106 Å². The zero-order valence-corrected chi connectivity index (χ0v) is 20.0. The molecule has 1 aromatic carbocycles. The number of alkyl halides is 2. The van der Waals surface area contributed by atoms with Crippen LogP contribution in [0.1, 0.15) is 12.2 Å². The molecule has 13 heteroatoms. The number of imidazole rings is 1. The molecule has 0 unspecified atom stereocenters. The molecule has 1 saturated heterocycles. The van der Waals surface area contributed by atoms with Gasteiger partial charge in [0.2, 0.25) is 17.8 Å². The van der Waals surface area contributed by atoms with E-state index in [-0.39, 0.29) is 11.9 Å². The van der Waals surface area contributed by atoms with Crippen molar-refractivity contribution in [3.8, 4) is 11.7 Å². The van der Waals surface area contributed by atoms with E-state index >= 15 is 0 Å². The third kappa shape index (κ3) is 4.56. The number of fused-ring (bicyclic) bond motifs is 1. The summed E-state index contributed by atoms with van der Waals surface area (Å²) in [5.74, 6) is 1.21. The number of nitrogens with one attached hydrogen (secondary N) is 1. The second-order valence-corrected chi connectivity index (χ2v) is 8.22. The summed E-state index contributed by atoms with van der Waals surface area (Å²) in [7, 11) is 5.26. The van der Waals surface area contributed by atoms with Crippen LogP contribution in [0.2, 0.25) is 0 Å². The van der Waals surface area contributed by atoms with Crippen LogP contribution in [-0.2, 0) is 4.74 Å². The van der Waals surface area contributed by atoms with Gasteiger partial charge in [0, 0.05) is 27.2 Å². The number of benzene rings is 1. The summed E-state index contributed by atoms with van der Waals surface area (Å²) in [6.45, 7) is 2.13. The molecule has 4 aromatic rings. The Labute approximate surface area is 205 Å². The number of pyridine rings is 1. The molecule has 0 spiro atoms. The third-order valence-electron chi connectivity index (χ3n) is 5.66. The molecule has 11 nitrogen and oxygen atoms in total. The van der Waals surface area contributed by atoms with Gasteiger partial charge in [0.15, 0.2) is 5.82 Å². The molecule has 188 valence electrons. The van der Waals surface area contributed by atoms with Gasteiger partial charge in [-0.15, -0.1) is 0 Å². The van der Waals surface area contributed by atoms with E-state index < -0.39 is 12.2 Å². The number of aromatic nitrogens is 6. The van der Waals surface area contributed by atoms with Gasteiger partial charge in [0.1, 0.15) is 17.1 Å². The van der Waals surface area contributed by atoms with Gasteiger partial charge in [0.05, 0.1) is 37.7 Å². The van der Waals surface area contributed by atoms with E-state index in [1.807, 2.05) is 36.0 Å². The maximum absolute atomic E-state index is 14.1. The first-order valence-corrected chi connectivity index (χ1v) is 11.3. The summed E-state index contributed by atoms with van der Waals surface area (Å²) in [4.78, 5) is 26.0. The van der Waals surface area contributed by atoms with E-state index in [0.29, 0.717) is 54.7 Å². The Morgan fingerprint density at radius 1 is 1.03 bits per heavy atom. The number of rotatable bonds is 7. The molecule has 0 saturated carbocycles. The fraction of sp³-hybridized carbons (Fsp3) is 0.348. The summed E-state index contributed by atoms with van der Waals surface area (Å²) < 4.78 is 40.3. The van der Waals surface area contributed by atoms with Crippen molar-refractivity contribution in [2.24, 2.45) is 0 Å². The molecular formula is C23H25F2N9O2. The summed E-state index contributed by atoms with van der Waals surface area (Å²) in [5.41, 5.74) is 1.32. The van der Waals surface area contributed by atoms with Crippen molar-refractivity contribution >= 4 is 34.4 Å². The highest BCUT2D eigenvalue weighted by Crippen LogP contribution is 2.32. The fourth-order valence-electron chi connectivity index (χ4n) is 3.88. The Kier molecular flexibility index (Phi) is 6.46. The molecular weight excluding hydrogens is 472 g/mol. The summed E-state index contributed by atoms with van der Waals surface area (Å²) in [5, 5.41) is 3.12. The van der Waals surface area contributed by atoms with Gasteiger partial charge in [0.25, 0.3) is 6.43 Å². The molecule has 3 aromatic heterocycles. The first-order valence-electron chi connectivity index (χ1n) is 11.3. The van der Waals surface area contributed by atoms with Crippen molar-refractivity contribution in [1.29, 1.82) is 0 Å². The van der Waals surface area contributed by atoms with E-state index in [2.05, 4.69) is 30.2 Å². The molecule has 36 heavy (non-hydrogen) atoms. The highest BCUT2D eigenvalue weighted by Gasteiger charge is 2.25. The quantitative estimate of drug-likeness (QED) is 0.409. The summed E-state index contributed by atoms with van der Waals surface area (Å²) in [6, 6.07) is 8.72. The fourth-order valence-corrected chi connectivity index (χ4v) is 3.88. The lowest BCUT2D eigenvalue weighted by Crippen LogP contribution is -2.37. The number of hydrogen-bond acceptors (Lipinski definition) is 10. The number of halogens is 2. The van der Waals surface area contributed by atoms with Crippen molar-refractivity contribution in [1.82, 2.24) is 29.5 Å². The monoisotopic (exact) mass is 497 g/mol. The highest BCUT2D eigenvalue weighted by molar-refractivity contribution is 5.84. The maximum Gasteiger partial charge on any atom is 0.296 e. The van der Waals surface area contributed by atoms with Crippen LogP contribution in [0.25, 0.3) is 17.0 Å². The minimum atomic E-state index is -2.87. The molecule has 5 rings (SSSR count). The summed E-state index contributed by atoms with van der Waals surface area (Å²) >= 11 is 0. The molecule has 0 aliphatic carbocycles. The van der Waals surface area contributed by atoms with Gasteiger partial charge in [-0.25, -0.2) is 18.7 Å². The molecule has 1 aliphatic rings. The average Bonchev–Trinajstić information content (AvgIpc) is 3.30. The van der Waals surface area contributed by atoms with Gasteiger partial charge in [-0.1, -0.05) is 6.07 Å². The molecule has 0 amide bonds. The van der Waals surface area contributed by atoms with Crippen LogP contribution in [0, 0.1) is 0 Å². The Morgan fingerprint density at radius 2 is 1.81 bits per heavy atom. The minimum Gasteiger partial charge on any atom is -0.494 e. The minimum absolute atomic E-state index is 0.0120. The van der Waals surface area contributed by atoms with Crippen molar-refractivity contribution in [2.75, 3.05) is 62.6 Å². The molecule has 1 aliphatic heterocycles. The molecule has 1 N–H and O–H groups in total. The summed E-state index contributed by atoms with van der Waals surface area (Å²) in [6.07, 6.45) is -1.22. The largest absolute Gasteiger partial charge is 0.494 e. The van der Waals surface area contributed by atoms with Crippen LogP contribution in [0.15, 0.2) is 36.5 Å². The lowest BCUT2D eigenvalue weighted by Gasteiger charge is -2.27. The van der Waals surface area contributed by atoms with Gasteiger partial charge >= 0.3 is 0 Å². The van der Waals surface area contributed by atoms with E-state index in [1.165, 1.54) is 11.7 Å². The normalized spacial score (nSPS) is 13.9. The van der Waals surface area contributed by atoms with E-state index in [1.54, 1.807) is 24.4 Å². The average molecular weight is 498 g/mol. The Bertz CT molecular complexity index is 1360. The molecule has 4 heterocycles. The first-order chi connectivity index (χ1) is 17.4. The van der Waals surface area contributed by atoms with Crippen LogP contribution < -0.4 is 19.9 Å². The lowest BCUT2D eigenvalue weighted by atomic mass is 10.3. The van der Waals surface area contributed by atoms with Crippen LogP contribution in [-0.4, -0.2) is 77.0 Å². The van der Waals surface area contributed by atoms with Crippen molar-refractivity contribution in [2.45, 2.75) is 6.43 Å². The zero-order valence-electron chi connectivity index (χ0n) is 20.0. The van der Waals surface area contributed by atoms with E-state index in [0.717, 1.165) is 5.82 Å². The predicted octanol–water partition coefficient (Wildman–Crippen LogP) is 3.20. The number of methoxy groups -OCH3 is 1. The number of morpholine rings is 1. The van der Waals surface area contributed by atoms with Crippen LogP contribution in [0.4, 0.5) is 32.2 Å². The Morgan fingerprint density at radius 3 is 2.47 bits per heavy atom. The van der Waals surface area contributed by atoms with Crippen molar-refractivity contribution in [3.05, 3.63) is 42.4 Å². The first kappa shape index (κ1) is 23.6. The zero-order chi connectivity index (χ0) is 25.2. The van der Waals surface area contributed by atoms with Gasteiger partial charge in [-0.2, -0.15) is 15.0 Å². The predicted molar refractivity (Wildman–Crippen MR) is 131 cm³/mol. The number of hydrogen-bond donors (Lipinski definition) is 1. The van der Waals surface area contributed by atoms with Crippen molar-refractivity contribution in [3.63, 3.8) is 0 Å². The van der Waals surface area contributed by atoms with Crippen LogP contribution in [0.3, 0.4) is 0 Å². The Balaban J connectivity index is 1.64. The van der Waals surface area contributed by atoms with E-state index in [4.69, 9.17) is 9.47 Å². The SMILES string of the molecule is COc1cccc2c1nc(C(F)F)n2-c1nc(Nc2ccc(N(C)C)nc2)nc(N2CCOCC2)n1. The number of nitrogens with zero attached hydrogens (tertiary/aromatic N) is 8. The van der Waals surface area contributed by atoms with Gasteiger partial charge < -0.3 is 24.6 Å².